The number of aromatic nitrogens is 2. The summed E-state index contributed by atoms with van der Waals surface area (Å²) < 4.78 is 5.68. The van der Waals surface area contributed by atoms with Crippen LogP contribution in [0.4, 0.5) is 22.0 Å². The van der Waals surface area contributed by atoms with Gasteiger partial charge >= 0.3 is 6.03 Å². The summed E-state index contributed by atoms with van der Waals surface area (Å²) in [6.45, 7) is 4.41. The molecule has 36 heavy (non-hydrogen) atoms. The maximum atomic E-state index is 13.7. The van der Waals surface area contributed by atoms with Gasteiger partial charge in [0.2, 0.25) is 0 Å². The van der Waals surface area contributed by atoms with Crippen molar-refractivity contribution >= 4 is 23.2 Å². The predicted molar refractivity (Wildman–Crippen MR) is 136 cm³/mol. The van der Waals surface area contributed by atoms with Crippen LogP contribution in [0.5, 0.6) is 0 Å². The number of nitriles is 1. The number of para-hydroxylation sites is 1. The quantitative estimate of drug-likeness (QED) is 0.550. The number of benzene rings is 2. The van der Waals surface area contributed by atoms with Crippen LogP contribution in [-0.2, 0) is 24.3 Å². The number of carbonyl (C=O) groups is 1. The van der Waals surface area contributed by atoms with Crippen molar-refractivity contribution in [1.29, 1.82) is 5.26 Å². The fourth-order valence-electron chi connectivity index (χ4n) is 5.54. The van der Waals surface area contributed by atoms with E-state index >= 15 is 0 Å². The van der Waals surface area contributed by atoms with Crippen LogP contribution in [0.15, 0.2) is 54.9 Å². The van der Waals surface area contributed by atoms with Gasteiger partial charge in [0.1, 0.15) is 12.1 Å². The van der Waals surface area contributed by atoms with Crippen molar-refractivity contribution in [3.63, 3.8) is 0 Å². The smallest absolute Gasteiger partial charge is 0.329 e. The maximum absolute atomic E-state index is 13.7. The number of nitrogens with zero attached hydrogens (tertiary/aromatic N) is 6. The van der Waals surface area contributed by atoms with E-state index in [1.807, 2.05) is 35.2 Å². The van der Waals surface area contributed by atoms with E-state index in [0.29, 0.717) is 31.2 Å². The lowest BCUT2D eigenvalue weighted by atomic mass is 9.95. The molecular formula is C28H28N6O2. The zero-order chi connectivity index (χ0) is 24.5. The molecule has 0 aliphatic carbocycles. The first-order valence-corrected chi connectivity index (χ1v) is 12.5. The minimum Gasteiger partial charge on any atom is -0.376 e. The summed E-state index contributed by atoms with van der Waals surface area (Å²) in [5, 5.41) is 9.38. The molecule has 0 saturated carbocycles. The van der Waals surface area contributed by atoms with Crippen LogP contribution in [0.2, 0.25) is 0 Å². The molecule has 3 aliphatic heterocycles. The Hall–Kier alpha value is -3.96. The topological polar surface area (TPSA) is 85.6 Å². The van der Waals surface area contributed by atoms with E-state index in [9.17, 15) is 10.1 Å². The van der Waals surface area contributed by atoms with Gasteiger partial charge < -0.3 is 14.5 Å². The van der Waals surface area contributed by atoms with Gasteiger partial charge in [0.05, 0.1) is 41.9 Å². The molecular weight excluding hydrogens is 452 g/mol. The van der Waals surface area contributed by atoms with Crippen LogP contribution >= 0.6 is 0 Å². The number of amides is 2. The predicted octanol–water partition coefficient (Wildman–Crippen LogP) is 4.41. The van der Waals surface area contributed by atoms with E-state index in [4.69, 9.17) is 4.74 Å². The molecule has 0 bridgehead atoms. The van der Waals surface area contributed by atoms with Gasteiger partial charge in [-0.2, -0.15) is 5.26 Å². The Labute approximate surface area is 210 Å². The second kappa shape index (κ2) is 9.59. The van der Waals surface area contributed by atoms with E-state index < -0.39 is 0 Å². The zero-order valence-corrected chi connectivity index (χ0v) is 20.1. The minimum atomic E-state index is -0.0340. The minimum absolute atomic E-state index is 0.0340. The van der Waals surface area contributed by atoms with E-state index in [1.54, 1.807) is 23.4 Å². The number of carbonyl (C=O) groups excluding carboxylic acids is 1. The molecule has 0 N–H and O–H groups in total. The molecule has 0 radical (unpaired) electrons. The number of hydrogen-bond donors (Lipinski definition) is 0. The molecule has 3 aromatic rings. The summed E-state index contributed by atoms with van der Waals surface area (Å²) in [5.74, 6) is 1.42. The molecule has 0 unspecified atom stereocenters. The monoisotopic (exact) mass is 480 g/mol. The highest BCUT2D eigenvalue weighted by Crippen LogP contribution is 2.36. The normalized spacial score (nSPS) is 18.0. The summed E-state index contributed by atoms with van der Waals surface area (Å²) in [7, 11) is 0. The van der Waals surface area contributed by atoms with Crippen molar-refractivity contribution in [3.8, 4) is 6.07 Å². The molecule has 4 heterocycles. The number of fused-ring (bicyclic) bond motifs is 2. The van der Waals surface area contributed by atoms with Gasteiger partial charge in [-0.15, -0.1) is 0 Å². The fraction of sp³-hybridized carbons (Fsp3) is 0.357. The van der Waals surface area contributed by atoms with E-state index in [1.165, 1.54) is 0 Å². The first-order valence-electron chi connectivity index (χ1n) is 12.5. The Kier molecular flexibility index (Phi) is 5.99. The van der Waals surface area contributed by atoms with Gasteiger partial charge in [0, 0.05) is 38.2 Å². The maximum Gasteiger partial charge on any atom is 0.329 e. The number of hydrogen-bond acceptors (Lipinski definition) is 6. The summed E-state index contributed by atoms with van der Waals surface area (Å²) in [6.07, 6.45) is 4.50. The summed E-state index contributed by atoms with van der Waals surface area (Å²) in [6, 6.07) is 17.4. The van der Waals surface area contributed by atoms with Gasteiger partial charge in [0.25, 0.3) is 0 Å². The molecule has 182 valence electrons. The lowest BCUT2D eigenvalue weighted by Crippen LogP contribution is -2.48. The molecule has 1 saturated heterocycles. The third-order valence-corrected chi connectivity index (χ3v) is 7.42. The van der Waals surface area contributed by atoms with Gasteiger partial charge in [-0.1, -0.05) is 24.3 Å². The molecule has 3 aliphatic rings. The highest BCUT2D eigenvalue weighted by Gasteiger charge is 2.34. The van der Waals surface area contributed by atoms with Gasteiger partial charge in [0.15, 0.2) is 0 Å². The van der Waals surface area contributed by atoms with Crippen LogP contribution in [0.1, 0.15) is 35.2 Å². The average Bonchev–Trinajstić information content (AvgIpc) is 2.94. The molecule has 2 amide bonds. The lowest BCUT2D eigenvalue weighted by molar-refractivity contribution is 0.109. The Morgan fingerprint density at radius 3 is 2.81 bits per heavy atom. The van der Waals surface area contributed by atoms with Crippen LogP contribution in [-0.4, -0.2) is 47.1 Å². The van der Waals surface area contributed by atoms with E-state index in [0.717, 1.165) is 73.0 Å². The van der Waals surface area contributed by atoms with Crippen molar-refractivity contribution < 1.29 is 9.53 Å². The molecule has 8 nitrogen and oxygen atoms in total. The van der Waals surface area contributed by atoms with Gasteiger partial charge in [-0.05, 0) is 48.6 Å². The van der Waals surface area contributed by atoms with Crippen molar-refractivity contribution in [3.05, 3.63) is 77.2 Å². The van der Waals surface area contributed by atoms with E-state index in [-0.39, 0.29) is 6.03 Å². The van der Waals surface area contributed by atoms with Gasteiger partial charge in [-0.25, -0.2) is 14.8 Å². The molecule has 1 fully saturated rings. The molecule has 6 rings (SSSR count). The number of piperidine rings is 1. The van der Waals surface area contributed by atoms with Crippen LogP contribution in [0.3, 0.4) is 0 Å². The second-order valence-electron chi connectivity index (χ2n) is 9.64. The van der Waals surface area contributed by atoms with Crippen LogP contribution in [0.25, 0.3) is 0 Å². The molecule has 0 spiro atoms. The lowest BCUT2D eigenvalue weighted by Gasteiger charge is -2.40. The number of ether oxygens (including phenoxy) is 1. The summed E-state index contributed by atoms with van der Waals surface area (Å²) in [4.78, 5) is 28.8. The first-order chi connectivity index (χ1) is 17.7. The largest absolute Gasteiger partial charge is 0.376 e. The van der Waals surface area contributed by atoms with Crippen LogP contribution in [0, 0.1) is 17.2 Å². The highest BCUT2D eigenvalue weighted by molar-refractivity contribution is 6.01. The third-order valence-electron chi connectivity index (χ3n) is 7.42. The second-order valence-corrected chi connectivity index (χ2v) is 9.64. The Morgan fingerprint density at radius 1 is 1.08 bits per heavy atom. The Balaban J connectivity index is 1.18. The van der Waals surface area contributed by atoms with Gasteiger partial charge in [-0.3, -0.25) is 4.90 Å². The molecule has 8 heteroatoms. The van der Waals surface area contributed by atoms with Crippen molar-refractivity contribution in [1.82, 2.24) is 14.9 Å². The third kappa shape index (κ3) is 4.16. The number of urea groups is 1. The van der Waals surface area contributed by atoms with Crippen molar-refractivity contribution in [2.24, 2.45) is 5.92 Å². The van der Waals surface area contributed by atoms with Crippen molar-refractivity contribution in [2.75, 3.05) is 36.0 Å². The Morgan fingerprint density at radius 2 is 1.94 bits per heavy atom. The SMILES string of the molecule is N#Cc1cccc(N2C(=O)N(CC3CCN(c4ncnc5c4COCC5)CC3)Cc3ccccc32)c1. The number of anilines is 3. The standard InChI is InChI=1S/C28H28N6O2/c29-15-21-4-3-6-23(14-21)34-26-7-2-1-5-22(26)17-33(28(34)35)16-20-8-11-32(12-9-20)27-24-18-36-13-10-25(24)30-19-31-27/h1-7,14,19-20H,8-13,16-18H2. The molecule has 0 atom stereocenters. The molecule has 2 aromatic carbocycles. The highest BCUT2D eigenvalue weighted by atomic mass is 16.5. The van der Waals surface area contributed by atoms with Crippen molar-refractivity contribution in [2.45, 2.75) is 32.4 Å². The molecule has 1 aromatic heterocycles. The average molecular weight is 481 g/mol. The van der Waals surface area contributed by atoms with Crippen LogP contribution < -0.4 is 9.80 Å². The number of rotatable bonds is 4. The Bertz CT molecular complexity index is 1330. The first kappa shape index (κ1) is 22.5. The fourth-order valence-corrected chi connectivity index (χ4v) is 5.54. The van der Waals surface area contributed by atoms with E-state index in [2.05, 4.69) is 27.0 Å². The zero-order valence-electron chi connectivity index (χ0n) is 20.1. The summed E-state index contributed by atoms with van der Waals surface area (Å²) >= 11 is 0. The summed E-state index contributed by atoms with van der Waals surface area (Å²) in [5.41, 5.74) is 5.50.